The molecule has 5 aliphatic rings. The van der Waals surface area contributed by atoms with Crippen molar-refractivity contribution >= 4 is 34.4 Å². The third kappa shape index (κ3) is 4.36. The highest BCUT2D eigenvalue weighted by Crippen LogP contribution is 2.50. The molecule has 9 nitrogen and oxygen atoms in total. The summed E-state index contributed by atoms with van der Waals surface area (Å²) in [7, 11) is 0. The maximum absolute atomic E-state index is 16.0. The van der Waals surface area contributed by atoms with E-state index in [0.29, 0.717) is 25.8 Å². The smallest absolute Gasteiger partial charge is 0.410 e. The van der Waals surface area contributed by atoms with E-state index in [-0.39, 0.29) is 36.4 Å². The lowest BCUT2D eigenvalue weighted by Crippen LogP contribution is -2.62. The Morgan fingerprint density at radius 1 is 1.12 bits per heavy atom. The van der Waals surface area contributed by atoms with Crippen LogP contribution in [0.4, 0.5) is 28.2 Å². The van der Waals surface area contributed by atoms with E-state index < -0.39 is 70.0 Å². The second-order valence-electron chi connectivity index (χ2n) is 13.3. The number of hydrogen-bond acceptors (Lipinski definition) is 8. The summed E-state index contributed by atoms with van der Waals surface area (Å²) < 4.78 is 73.6. The fourth-order valence-corrected chi connectivity index (χ4v) is 7.95. The van der Waals surface area contributed by atoms with Crippen LogP contribution in [0.15, 0.2) is 0 Å². The fraction of sp³-hybridized carbons (Fsp3) is 0.714. The Labute approximate surface area is 245 Å². The van der Waals surface area contributed by atoms with Crippen LogP contribution in [0.3, 0.4) is 0 Å². The van der Waals surface area contributed by atoms with Crippen molar-refractivity contribution in [1.82, 2.24) is 24.8 Å². The molecule has 0 N–H and O–H groups in total. The highest BCUT2D eigenvalue weighted by atomic mass is 35.5. The van der Waals surface area contributed by atoms with Gasteiger partial charge >= 0.3 is 12.1 Å². The number of nitrogens with zero attached hydrogens (tertiary/aromatic N) is 6. The molecule has 2 aromatic heterocycles. The van der Waals surface area contributed by atoms with Crippen molar-refractivity contribution in [2.75, 3.05) is 31.1 Å². The standard InChI is InChI=1S/C28H33ClF4N6O3/c1-26(2,3)42-25(40)39-15-5-6-16(39)17-10-28(32,33)21-18-20(19(31)22(29)35-21)34-24(36-23(18)38(17)12-15)41-13-27-7-4-8-37(27)11-14(30)9-27/h14-17H,4-13H2,1-3H3/t14-,15-,16+,17-,27+/m1/s1. The Morgan fingerprint density at radius 2 is 1.90 bits per heavy atom. The molecular weight excluding hydrogens is 580 g/mol. The highest BCUT2D eigenvalue weighted by molar-refractivity contribution is 6.30. The van der Waals surface area contributed by atoms with Crippen LogP contribution in [0.2, 0.25) is 5.15 Å². The van der Waals surface area contributed by atoms with Crippen LogP contribution >= 0.6 is 11.6 Å². The first-order valence-electron chi connectivity index (χ1n) is 14.5. The maximum atomic E-state index is 16.0. The molecule has 7 rings (SSSR count). The van der Waals surface area contributed by atoms with E-state index >= 15 is 13.2 Å². The number of anilines is 1. The number of fused-ring (bicyclic) bond motifs is 6. The number of halogens is 5. The average molecular weight is 613 g/mol. The second kappa shape index (κ2) is 9.41. The minimum absolute atomic E-state index is 0.0755. The van der Waals surface area contributed by atoms with Crippen LogP contribution in [0.25, 0.3) is 10.9 Å². The molecule has 0 radical (unpaired) electrons. The Bertz CT molecular complexity index is 1460. The monoisotopic (exact) mass is 612 g/mol. The summed E-state index contributed by atoms with van der Waals surface area (Å²) >= 11 is 6.04. The first kappa shape index (κ1) is 28.1. The molecule has 228 valence electrons. The summed E-state index contributed by atoms with van der Waals surface area (Å²) in [6.45, 7) is 6.63. The number of amides is 1. The number of aromatic nitrogens is 3. The molecule has 5 atom stereocenters. The Kier molecular flexibility index (Phi) is 6.30. The van der Waals surface area contributed by atoms with E-state index in [1.807, 2.05) is 0 Å². The molecule has 2 aromatic rings. The van der Waals surface area contributed by atoms with E-state index in [9.17, 15) is 9.18 Å². The fourth-order valence-electron chi connectivity index (χ4n) is 7.78. The normalized spacial score (nSPS) is 31.7. The summed E-state index contributed by atoms with van der Waals surface area (Å²) in [5.74, 6) is -4.49. The van der Waals surface area contributed by atoms with Crippen molar-refractivity contribution < 1.29 is 31.8 Å². The highest BCUT2D eigenvalue weighted by Gasteiger charge is 2.56. The van der Waals surface area contributed by atoms with Crippen LogP contribution in [0, 0.1) is 5.82 Å². The molecule has 0 spiro atoms. The number of rotatable bonds is 3. The van der Waals surface area contributed by atoms with Gasteiger partial charge in [-0.05, 0) is 53.0 Å². The zero-order valence-electron chi connectivity index (χ0n) is 23.7. The van der Waals surface area contributed by atoms with Crippen LogP contribution < -0.4 is 9.64 Å². The zero-order chi connectivity index (χ0) is 29.8. The van der Waals surface area contributed by atoms with Crippen molar-refractivity contribution in [1.29, 1.82) is 0 Å². The van der Waals surface area contributed by atoms with Gasteiger partial charge in [0, 0.05) is 25.9 Å². The van der Waals surface area contributed by atoms with Gasteiger partial charge in [0.1, 0.15) is 35.4 Å². The van der Waals surface area contributed by atoms with Gasteiger partial charge in [-0.25, -0.2) is 18.6 Å². The van der Waals surface area contributed by atoms with Crippen molar-refractivity contribution in [2.24, 2.45) is 0 Å². The van der Waals surface area contributed by atoms with Gasteiger partial charge in [-0.15, -0.1) is 0 Å². The van der Waals surface area contributed by atoms with Gasteiger partial charge in [0.05, 0.1) is 29.1 Å². The van der Waals surface area contributed by atoms with Crippen molar-refractivity contribution in [3.63, 3.8) is 0 Å². The molecule has 14 heteroatoms. The topological polar surface area (TPSA) is 83.9 Å². The van der Waals surface area contributed by atoms with Crippen LogP contribution in [-0.2, 0) is 10.7 Å². The molecule has 2 bridgehead atoms. The van der Waals surface area contributed by atoms with E-state index in [2.05, 4.69) is 19.9 Å². The number of alkyl halides is 3. The minimum Gasteiger partial charge on any atom is -0.461 e. The molecule has 4 fully saturated rings. The summed E-state index contributed by atoms with van der Waals surface area (Å²) in [5.41, 5.74) is -2.37. The number of carbonyl (C=O) groups is 1. The minimum atomic E-state index is -3.52. The molecule has 1 amide bonds. The van der Waals surface area contributed by atoms with E-state index in [4.69, 9.17) is 21.1 Å². The van der Waals surface area contributed by atoms with Crippen molar-refractivity contribution in [2.45, 2.75) is 101 Å². The average Bonchev–Trinajstić information content (AvgIpc) is 3.52. The van der Waals surface area contributed by atoms with E-state index in [1.165, 1.54) is 0 Å². The number of ether oxygens (including phenoxy) is 2. The first-order valence-corrected chi connectivity index (χ1v) is 14.9. The zero-order valence-corrected chi connectivity index (χ0v) is 24.4. The summed E-state index contributed by atoms with van der Waals surface area (Å²) in [5, 5.41) is -0.937. The molecule has 0 aliphatic carbocycles. The molecule has 5 aliphatic heterocycles. The number of carbonyl (C=O) groups excluding carboxylic acids is 1. The summed E-state index contributed by atoms with van der Waals surface area (Å²) in [4.78, 5) is 31.2. The van der Waals surface area contributed by atoms with Gasteiger partial charge in [-0.2, -0.15) is 18.7 Å². The van der Waals surface area contributed by atoms with Crippen LogP contribution in [0.1, 0.15) is 65.0 Å². The predicted octanol–water partition coefficient (Wildman–Crippen LogP) is 5.22. The quantitative estimate of drug-likeness (QED) is 0.345. The largest absolute Gasteiger partial charge is 0.461 e. The third-order valence-electron chi connectivity index (χ3n) is 9.42. The summed E-state index contributed by atoms with van der Waals surface area (Å²) in [6, 6.07) is -1.96. The maximum Gasteiger partial charge on any atom is 0.410 e. The van der Waals surface area contributed by atoms with Crippen LogP contribution in [-0.4, -0.2) is 92.5 Å². The SMILES string of the molecule is CC(C)(C)OC(=O)N1[C@@H]2CC[C@H]1[C@H]1CC(F)(F)c3nc(Cl)c(F)c4nc(OC[C@@]56CCCN5C[C@H](F)C6)nc(c34)N1C2. The molecule has 42 heavy (non-hydrogen) atoms. The number of hydrogen-bond donors (Lipinski definition) is 0. The molecule has 0 unspecified atom stereocenters. The molecular formula is C28H33ClF4N6O3. The van der Waals surface area contributed by atoms with Crippen LogP contribution in [0.5, 0.6) is 6.01 Å². The van der Waals surface area contributed by atoms with E-state index in [1.54, 1.807) is 30.6 Å². The Hall–Kier alpha value is -2.67. The lowest BCUT2D eigenvalue weighted by atomic mass is 9.95. The predicted molar refractivity (Wildman–Crippen MR) is 145 cm³/mol. The van der Waals surface area contributed by atoms with Gasteiger partial charge in [-0.1, -0.05) is 11.6 Å². The molecule has 4 saturated heterocycles. The third-order valence-corrected chi connectivity index (χ3v) is 9.67. The van der Waals surface area contributed by atoms with Gasteiger partial charge in [0.25, 0.3) is 5.92 Å². The van der Waals surface area contributed by atoms with Gasteiger partial charge in [0.15, 0.2) is 11.0 Å². The van der Waals surface area contributed by atoms with Gasteiger partial charge < -0.3 is 14.4 Å². The number of piperazine rings is 1. The first-order chi connectivity index (χ1) is 19.8. The van der Waals surface area contributed by atoms with Gasteiger partial charge in [-0.3, -0.25) is 9.80 Å². The van der Waals surface area contributed by atoms with Crippen molar-refractivity contribution in [3.8, 4) is 6.01 Å². The molecule has 7 heterocycles. The lowest BCUT2D eigenvalue weighted by molar-refractivity contribution is -0.0379. The Morgan fingerprint density at radius 3 is 2.67 bits per heavy atom. The van der Waals surface area contributed by atoms with E-state index in [0.717, 1.165) is 19.4 Å². The Balaban J connectivity index is 1.31. The lowest BCUT2D eigenvalue weighted by Gasteiger charge is -2.47. The molecule has 0 saturated carbocycles. The van der Waals surface area contributed by atoms with Crippen molar-refractivity contribution in [3.05, 3.63) is 16.7 Å². The number of pyridine rings is 1. The summed E-state index contributed by atoms with van der Waals surface area (Å²) in [6.07, 6.45) is 0.853. The second-order valence-corrected chi connectivity index (χ2v) is 13.7. The molecule has 0 aromatic carbocycles. The van der Waals surface area contributed by atoms with Gasteiger partial charge in [0.2, 0.25) is 0 Å².